The smallest absolute Gasteiger partial charge is 0.0135 e. The minimum Gasteiger partial charge on any atom is -0.312 e. The lowest BCUT2D eigenvalue weighted by atomic mass is 9.91. The van der Waals surface area contributed by atoms with E-state index in [1.54, 1.807) is 0 Å². The molecule has 0 aromatic carbocycles. The predicted molar refractivity (Wildman–Crippen MR) is 65.0 cm³/mol. The van der Waals surface area contributed by atoms with Crippen molar-refractivity contribution in [3.05, 3.63) is 34.5 Å². The van der Waals surface area contributed by atoms with Crippen molar-refractivity contribution in [1.82, 2.24) is 5.32 Å². The second-order valence-corrected chi connectivity index (χ2v) is 5.01. The first-order valence-corrected chi connectivity index (χ1v) is 5.90. The molecule has 0 amide bonds. The minimum atomic E-state index is 0.246. The molecule has 1 aromatic heterocycles. The van der Waals surface area contributed by atoms with E-state index in [2.05, 4.69) is 48.8 Å². The van der Waals surface area contributed by atoms with Gasteiger partial charge >= 0.3 is 0 Å². The van der Waals surface area contributed by atoms with Gasteiger partial charge in [0.1, 0.15) is 0 Å². The summed E-state index contributed by atoms with van der Waals surface area (Å²) in [4.78, 5) is 1.45. The third kappa shape index (κ3) is 3.28. The van der Waals surface area contributed by atoms with Crippen LogP contribution in [0.25, 0.3) is 0 Å². The highest BCUT2D eigenvalue weighted by atomic mass is 32.1. The zero-order valence-corrected chi connectivity index (χ0v) is 10.0. The van der Waals surface area contributed by atoms with Gasteiger partial charge in [0.2, 0.25) is 0 Å². The summed E-state index contributed by atoms with van der Waals surface area (Å²) in [5, 5.41) is 5.58. The fourth-order valence-electron chi connectivity index (χ4n) is 1.34. The summed E-state index contributed by atoms with van der Waals surface area (Å²) >= 11 is 1.84. The van der Waals surface area contributed by atoms with Crippen molar-refractivity contribution in [3.63, 3.8) is 0 Å². The molecule has 0 unspecified atom stereocenters. The topological polar surface area (TPSA) is 12.0 Å². The highest BCUT2D eigenvalue weighted by molar-refractivity contribution is 7.10. The lowest BCUT2D eigenvalue weighted by Gasteiger charge is -2.23. The molecule has 1 aromatic rings. The van der Waals surface area contributed by atoms with Crippen LogP contribution in [0.4, 0.5) is 0 Å². The van der Waals surface area contributed by atoms with Gasteiger partial charge in [-0.05, 0) is 18.4 Å². The van der Waals surface area contributed by atoms with Gasteiger partial charge in [0.25, 0.3) is 0 Å². The molecule has 14 heavy (non-hydrogen) atoms. The first-order valence-electron chi connectivity index (χ1n) is 5.02. The zero-order chi connectivity index (χ0) is 10.4. The van der Waals surface area contributed by atoms with E-state index in [9.17, 15) is 0 Å². The average molecular weight is 209 g/mol. The molecule has 0 aliphatic carbocycles. The lowest BCUT2D eigenvalue weighted by molar-refractivity contribution is 0.492. The average Bonchev–Trinajstić information content (AvgIpc) is 2.65. The molecule has 0 fully saturated rings. The van der Waals surface area contributed by atoms with E-state index in [4.69, 9.17) is 0 Å². The van der Waals surface area contributed by atoms with Crippen molar-refractivity contribution in [3.8, 4) is 0 Å². The highest BCUT2D eigenvalue weighted by Gasteiger charge is 2.20. The van der Waals surface area contributed by atoms with Gasteiger partial charge in [-0.1, -0.05) is 32.1 Å². The number of allylic oxidation sites excluding steroid dienone is 1. The number of nitrogens with one attached hydrogen (secondary N) is 1. The number of thiophene rings is 1. The normalized spacial score (nSPS) is 12.5. The summed E-state index contributed by atoms with van der Waals surface area (Å²) in [5.41, 5.74) is 0.246. The molecule has 0 atom stereocenters. The molecule has 0 aliphatic rings. The molecule has 0 bridgehead atoms. The maximum absolute atomic E-state index is 3.43. The van der Waals surface area contributed by atoms with Crippen LogP contribution in [0.3, 0.4) is 0 Å². The molecule has 1 nitrogen and oxygen atoms in total. The first kappa shape index (κ1) is 11.5. The Kier molecular flexibility index (Phi) is 4.36. The van der Waals surface area contributed by atoms with E-state index < -0.39 is 0 Å². The van der Waals surface area contributed by atoms with E-state index in [-0.39, 0.29) is 5.41 Å². The van der Waals surface area contributed by atoms with Gasteiger partial charge in [0, 0.05) is 23.4 Å². The third-order valence-electron chi connectivity index (χ3n) is 2.25. The number of hydrogen-bond donors (Lipinski definition) is 1. The second kappa shape index (κ2) is 5.32. The Morgan fingerprint density at radius 1 is 1.50 bits per heavy atom. The first-order chi connectivity index (χ1) is 6.67. The molecule has 1 heterocycles. The van der Waals surface area contributed by atoms with E-state index in [1.807, 2.05) is 18.3 Å². The van der Waals surface area contributed by atoms with Gasteiger partial charge in [0.15, 0.2) is 0 Å². The number of hydrogen-bond acceptors (Lipinski definition) is 2. The van der Waals surface area contributed by atoms with E-state index >= 15 is 0 Å². The molecule has 0 saturated heterocycles. The fraction of sp³-hybridized carbons (Fsp3) is 0.500. The number of rotatable bonds is 5. The minimum absolute atomic E-state index is 0.246. The Hall–Kier alpha value is -0.600. The quantitative estimate of drug-likeness (QED) is 0.580. The van der Waals surface area contributed by atoms with Crippen molar-refractivity contribution in [1.29, 1.82) is 0 Å². The standard InChI is InChI=1S/C12H19NS/c1-4-5-8-13-10-12(2,3)11-7-6-9-14-11/h4-7,9,13H,8,10H2,1-3H3/b5-4+. The summed E-state index contributed by atoms with van der Waals surface area (Å²) in [5.74, 6) is 0. The lowest BCUT2D eigenvalue weighted by Crippen LogP contribution is -2.32. The van der Waals surface area contributed by atoms with Crippen molar-refractivity contribution in [2.75, 3.05) is 13.1 Å². The van der Waals surface area contributed by atoms with Crippen molar-refractivity contribution in [2.24, 2.45) is 0 Å². The molecular formula is C12H19NS. The Morgan fingerprint density at radius 3 is 2.86 bits per heavy atom. The molecule has 0 radical (unpaired) electrons. The van der Waals surface area contributed by atoms with Crippen LogP contribution in [0.5, 0.6) is 0 Å². The second-order valence-electron chi connectivity index (χ2n) is 4.06. The van der Waals surface area contributed by atoms with Crippen LogP contribution in [0.15, 0.2) is 29.7 Å². The summed E-state index contributed by atoms with van der Waals surface area (Å²) in [6.45, 7) is 8.60. The molecule has 2 heteroatoms. The van der Waals surface area contributed by atoms with Gasteiger partial charge < -0.3 is 5.32 Å². The van der Waals surface area contributed by atoms with Crippen LogP contribution in [0.1, 0.15) is 25.6 Å². The zero-order valence-electron chi connectivity index (χ0n) is 9.21. The van der Waals surface area contributed by atoms with Gasteiger partial charge in [0.05, 0.1) is 0 Å². The van der Waals surface area contributed by atoms with Crippen molar-refractivity contribution in [2.45, 2.75) is 26.2 Å². The molecule has 0 aliphatic heterocycles. The van der Waals surface area contributed by atoms with Gasteiger partial charge in [-0.2, -0.15) is 0 Å². The SMILES string of the molecule is C/C=C/CNCC(C)(C)c1cccs1. The van der Waals surface area contributed by atoms with Crippen LogP contribution in [-0.4, -0.2) is 13.1 Å². The van der Waals surface area contributed by atoms with Crippen LogP contribution in [0.2, 0.25) is 0 Å². The van der Waals surface area contributed by atoms with E-state index in [0.717, 1.165) is 13.1 Å². The Labute approximate surface area is 90.9 Å². The molecule has 1 rings (SSSR count). The summed E-state index contributed by atoms with van der Waals surface area (Å²) in [6.07, 6.45) is 4.22. The Balaban J connectivity index is 2.42. The largest absolute Gasteiger partial charge is 0.312 e. The summed E-state index contributed by atoms with van der Waals surface area (Å²) < 4.78 is 0. The maximum atomic E-state index is 3.43. The predicted octanol–water partition coefficient (Wildman–Crippen LogP) is 3.19. The highest BCUT2D eigenvalue weighted by Crippen LogP contribution is 2.26. The molecule has 0 spiro atoms. The Morgan fingerprint density at radius 2 is 2.29 bits per heavy atom. The van der Waals surface area contributed by atoms with Crippen LogP contribution < -0.4 is 5.32 Å². The summed E-state index contributed by atoms with van der Waals surface area (Å²) in [7, 11) is 0. The maximum Gasteiger partial charge on any atom is 0.0135 e. The van der Waals surface area contributed by atoms with Crippen LogP contribution in [-0.2, 0) is 5.41 Å². The van der Waals surface area contributed by atoms with Gasteiger partial charge in [-0.3, -0.25) is 0 Å². The van der Waals surface area contributed by atoms with E-state index in [0.29, 0.717) is 0 Å². The molecule has 0 saturated carbocycles. The summed E-state index contributed by atoms with van der Waals surface area (Å²) in [6, 6.07) is 4.33. The molecule has 78 valence electrons. The van der Waals surface area contributed by atoms with Crippen molar-refractivity contribution < 1.29 is 0 Å². The third-order valence-corrected chi connectivity index (χ3v) is 3.49. The van der Waals surface area contributed by atoms with Crippen LogP contribution in [0, 0.1) is 0 Å². The van der Waals surface area contributed by atoms with Gasteiger partial charge in [-0.25, -0.2) is 0 Å². The van der Waals surface area contributed by atoms with Crippen LogP contribution >= 0.6 is 11.3 Å². The molecular weight excluding hydrogens is 190 g/mol. The monoisotopic (exact) mass is 209 g/mol. The van der Waals surface area contributed by atoms with Crippen molar-refractivity contribution >= 4 is 11.3 Å². The Bertz CT molecular complexity index is 273. The fourth-order valence-corrected chi connectivity index (χ4v) is 2.19. The van der Waals surface area contributed by atoms with E-state index in [1.165, 1.54) is 4.88 Å². The molecule has 1 N–H and O–H groups in total. The van der Waals surface area contributed by atoms with Gasteiger partial charge in [-0.15, -0.1) is 11.3 Å².